The minimum Gasteiger partial charge on any atom is -0.365 e. The van der Waals surface area contributed by atoms with Gasteiger partial charge in [-0.15, -0.1) is 0 Å². The first-order valence-electron chi connectivity index (χ1n) is 10.5. The van der Waals surface area contributed by atoms with E-state index in [2.05, 4.69) is 4.98 Å². The number of amides is 2. The summed E-state index contributed by atoms with van der Waals surface area (Å²) in [4.78, 5) is 45.9. The molecule has 2 saturated heterocycles. The third-order valence-corrected chi connectivity index (χ3v) is 6.24. The number of hydrogen-bond donors (Lipinski definition) is 1. The number of nitrogens with one attached hydrogen (secondary N) is 1. The summed E-state index contributed by atoms with van der Waals surface area (Å²) in [7, 11) is 0. The SMILES string of the molecule is CC(C)N1CC(=O)N(Cc2ccc(C(C)(F)F)cc2)C2(CN(c3cc[nH]c(=O)c3)C2)C1=O. The average Bonchev–Trinajstić information content (AvgIpc) is 2.69. The summed E-state index contributed by atoms with van der Waals surface area (Å²) in [5, 5.41) is 0. The molecule has 2 aliphatic rings. The van der Waals surface area contributed by atoms with Crippen LogP contribution in [0, 0.1) is 0 Å². The van der Waals surface area contributed by atoms with Crippen molar-refractivity contribution in [3.05, 3.63) is 64.1 Å². The van der Waals surface area contributed by atoms with Crippen molar-refractivity contribution in [1.29, 1.82) is 0 Å². The summed E-state index contributed by atoms with van der Waals surface area (Å²) >= 11 is 0. The van der Waals surface area contributed by atoms with E-state index < -0.39 is 11.5 Å². The van der Waals surface area contributed by atoms with Crippen molar-refractivity contribution in [2.75, 3.05) is 24.5 Å². The molecule has 3 heterocycles. The van der Waals surface area contributed by atoms with E-state index in [0.29, 0.717) is 11.3 Å². The molecule has 2 amide bonds. The molecule has 2 aromatic rings. The van der Waals surface area contributed by atoms with Gasteiger partial charge in [0.25, 0.3) is 11.8 Å². The summed E-state index contributed by atoms with van der Waals surface area (Å²) in [6, 6.07) is 8.91. The highest BCUT2D eigenvalue weighted by molar-refractivity contribution is 6.00. The predicted octanol–water partition coefficient (Wildman–Crippen LogP) is 2.32. The van der Waals surface area contributed by atoms with Crippen LogP contribution < -0.4 is 10.5 Å². The highest BCUT2D eigenvalue weighted by Crippen LogP contribution is 2.38. The number of aromatic nitrogens is 1. The molecular formula is C23H26F2N4O3. The normalized spacial score (nSPS) is 18.5. The molecule has 0 atom stereocenters. The lowest BCUT2D eigenvalue weighted by Crippen LogP contribution is -2.81. The molecule has 1 N–H and O–H groups in total. The van der Waals surface area contributed by atoms with E-state index in [-0.39, 0.29) is 55.2 Å². The molecule has 32 heavy (non-hydrogen) atoms. The van der Waals surface area contributed by atoms with E-state index in [1.165, 1.54) is 18.2 Å². The first-order chi connectivity index (χ1) is 15.0. The molecule has 0 unspecified atom stereocenters. The zero-order valence-corrected chi connectivity index (χ0v) is 18.3. The Labute approximate surface area is 184 Å². The van der Waals surface area contributed by atoms with Crippen LogP contribution in [0.1, 0.15) is 31.9 Å². The lowest BCUT2D eigenvalue weighted by Gasteiger charge is -2.59. The summed E-state index contributed by atoms with van der Waals surface area (Å²) in [5.41, 5.74) is -0.0627. The van der Waals surface area contributed by atoms with Gasteiger partial charge in [0.05, 0.1) is 13.1 Å². The molecule has 0 saturated carbocycles. The van der Waals surface area contributed by atoms with Crippen LogP contribution in [0.3, 0.4) is 0 Å². The van der Waals surface area contributed by atoms with Gasteiger partial charge in [-0.3, -0.25) is 14.4 Å². The second kappa shape index (κ2) is 7.72. The van der Waals surface area contributed by atoms with Crippen molar-refractivity contribution in [3.63, 3.8) is 0 Å². The smallest absolute Gasteiger partial charge is 0.270 e. The monoisotopic (exact) mass is 444 g/mol. The number of anilines is 1. The van der Waals surface area contributed by atoms with Crippen LogP contribution in [0.25, 0.3) is 0 Å². The Morgan fingerprint density at radius 3 is 2.31 bits per heavy atom. The Hall–Kier alpha value is -3.23. The number of rotatable bonds is 5. The van der Waals surface area contributed by atoms with Gasteiger partial charge in [-0.1, -0.05) is 24.3 Å². The van der Waals surface area contributed by atoms with Gasteiger partial charge in [-0.2, -0.15) is 0 Å². The van der Waals surface area contributed by atoms with Crippen molar-refractivity contribution in [1.82, 2.24) is 14.8 Å². The van der Waals surface area contributed by atoms with E-state index >= 15 is 0 Å². The van der Waals surface area contributed by atoms with E-state index in [4.69, 9.17) is 0 Å². The topological polar surface area (TPSA) is 76.7 Å². The maximum Gasteiger partial charge on any atom is 0.270 e. The second-order valence-corrected chi connectivity index (χ2v) is 8.89. The first-order valence-corrected chi connectivity index (χ1v) is 10.5. The number of carbonyl (C=O) groups is 2. The summed E-state index contributed by atoms with van der Waals surface area (Å²) in [5.74, 6) is -3.27. The zero-order chi connectivity index (χ0) is 23.3. The third-order valence-electron chi connectivity index (χ3n) is 6.24. The fraction of sp³-hybridized carbons (Fsp3) is 0.435. The first kappa shape index (κ1) is 22.0. The Bertz CT molecular complexity index is 1090. The fourth-order valence-corrected chi connectivity index (χ4v) is 4.37. The molecule has 9 heteroatoms. The molecule has 1 spiro atoms. The van der Waals surface area contributed by atoms with E-state index in [0.717, 1.165) is 6.92 Å². The molecule has 0 aliphatic carbocycles. The standard InChI is InChI=1S/C23H26F2N4O3/c1-15(2)28-12-20(31)29(11-16-4-6-17(7-5-16)22(3,24)25)23(21(28)32)13-27(14-23)18-8-9-26-19(30)10-18/h4-10,15H,11-14H2,1-3H3,(H,26,30). The van der Waals surface area contributed by atoms with Crippen molar-refractivity contribution < 1.29 is 18.4 Å². The van der Waals surface area contributed by atoms with Crippen LogP contribution in [-0.4, -0.2) is 57.8 Å². The molecule has 0 bridgehead atoms. The highest BCUT2D eigenvalue weighted by Gasteiger charge is 2.59. The average molecular weight is 444 g/mol. The van der Waals surface area contributed by atoms with Crippen LogP contribution in [0.2, 0.25) is 0 Å². The van der Waals surface area contributed by atoms with E-state index in [1.54, 1.807) is 34.2 Å². The number of aromatic amines is 1. The lowest BCUT2D eigenvalue weighted by molar-refractivity contribution is -0.170. The summed E-state index contributed by atoms with van der Waals surface area (Å²) in [6.07, 6.45) is 1.54. The van der Waals surface area contributed by atoms with Gasteiger partial charge in [0, 0.05) is 43.0 Å². The van der Waals surface area contributed by atoms with Gasteiger partial charge < -0.3 is 19.7 Å². The van der Waals surface area contributed by atoms with Gasteiger partial charge >= 0.3 is 0 Å². The van der Waals surface area contributed by atoms with E-state index in [1.807, 2.05) is 18.7 Å². The van der Waals surface area contributed by atoms with Crippen LogP contribution >= 0.6 is 0 Å². The molecule has 7 nitrogen and oxygen atoms in total. The molecule has 2 aliphatic heterocycles. The Kier molecular flexibility index (Phi) is 5.30. The van der Waals surface area contributed by atoms with Crippen molar-refractivity contribution in [3.8, 4) is 0 Å². The van der Waals surface area contributed by atoms with Crippen LogP contribution in [0.5, 0.6) is 0 Å². The quantitative estimate of drug-likeness (QED) is 0.768. The maximum atomic E-state index is 13.6. The van der Waals surface area contributed by atoms with Gasteiger partial charge in [-0.05, 0) is 25.5 Å². The summed E-state index contributed by atoms with van der Waals surface area (Å²) in [6.45, 7) is 5.22. The van der Waals surface area contributed by atoms with Crippen molar-refractivity contribution >= 4 is 17.5 Å². The number of piperazine rings is 1. The Morgan fingerprint density at radius 2 is 1.75 bits per heavy atom. The van der Waals surface area contributed by atoms with Crippen LogP contribution in [-0.2, 0) is 22.1 Å². The number of alkyl halides is 2. The maximum absolute atomic E-state index is 13.6. The lowest BCUT2D eigenvalue weighted by atomic mass is 9.82. The number of pyridine rings is 1. The summed E-state index contributed by atoms with van der Waals surface area (Å²) < 4.78 is 27.1. The number of nitrogens with zero attached hydrogens (tertiary/aromatic N) is 3. The van der Waals surface area contributed by atoms with Crippen molar-refractivity contribution in [2.45, 2.75) is 44.8 Å². The van der Waals surface area contributed by atoms with Crippen molar-refractivity contribution in [2.24, 2.45) is 0 Å². The Morgan fingerprint density at radius 1 is 1.09 bits per heavy atom. The van der Waals surface area contributed by atoms with Crippen LogP contribution in [0.4, 0.5) is 14.5 Å². The Balaban J connectivity index is 1.63. The fourth-order valence-electron chi connectivity index (χ4n) is 4.37. The number of carbonyl (C=O) groups excluding carboxylic acids is 2. The molecule has 0 radical (unpaired) electrons. The predicted molar refractivity (Wildman–Crippen MR) is 115 cm³/mol. The zero-order valence-electron chi connectivity index (χ0n) is 18.3. The van der Waals surface area contributed by atoms with Crippen LogP contribution in [0.15, 0.2) is 47.4 Å². The molecule has 2 fully saturated rings. The number of hydrogen-bond acceptors (Lipinski definition) is 4. The minimum atomic E-state index is -2.95. The highest BCUT2D eigenvalue weighted by atomic mass is 19.3. The number of H-pyrrole nitrogens is 1. The molecule has 4 rings (SSSR count). The third kappa shape index (κ3) is 3.76. The van der Waals surface area contributed by atoms with Gasteiger partial charge in [0.1, 0.15) is 6.54 Å². The van der Waals surface area contributed by atoms with Gasteiger partial charge in [-0.25, -0.2) is 8.78 Å². The second-order valence-electron chi connectivity index (χ2n) is 8.89. The number of halogens is 2. The minimum absolute atomic E-state index is 0.0195. The largest absolute Gasteiger partial charge is 0.365 e. The van der Waals surface area contributed by atoms with Gasteiger partial charge in [0.15, 0.2) is 5.54 Å². The molecule has 1 aromatic heterocycles. The molecular weight excluding hydrogens is 418 g/mol. The molecule has 170 valence electrons. The van der Waals surface area contributed by atoms with E-state index in [9.17, 15) is 23.2 Å². The number of benzene rings is 1. The van der Waals surface area contributed by atoms with Gasteiger partial charge in [0.2, 0.25) is 11.5 Å². The molecule has 1 aromatic carbocycles.